The van der Waals surface area contributed by atoms with Gasteiger partial charge < -0.3 is 45.3 Å². The molecule has 5 aromatic rings. The molecule has 0 spiro atoms. The highest BCUT2D eigenvalue weighted by atomic mass is 32.2. The number of nitrogens with zero attached hydrogens (tertiary/aromatic N) is 1. The summed E-state index contributed by atoms with van der Waals surface area (Å²) in [7, 11) is 1.61. The minimum Gasteiger partial charge on any atom is -0.496 e. The second-order valence-corrected chi connectivity index (χ2v) is 15.2. The van der Waals surface area contributed by atoms with Gasteiger partial charge in [0.25, 0.3) is 5.91 Å². The number of benzene rings is 4. The van der Waals surface area contributed by atoms with E-state index in [1.54, 1.807) is 48.7 Å². The molecule has 5 rings (SSSR count). The summed E-state index contributed by atoms with van der Waals surface area (Å²) in [6, 6.07) is 22.9. The lowest BCUT2D eigenvalue weighted by molar-refractivity contribution is -0.137. The van der Waals surface area contributed by atoms with E-state index >= 15 is 0 Å². The van der Waals surface area contributed by atoms with Crippen molar-refractivity contribution in [2.45, 2.75) is 51.9 Å². The maximum atomic E-state index is 13.5. The third kappa shape index (κ3) is 11.4. The number of carboxylic acid groups (broad SMARTS) is 1. The van der Waals surface area contributed by atoms with Crippen molar-refractivity contribution in [3.8, 4) is 23.0 Å². The molecule has 0 fully saturated rings. The van der Waals surface area contributed by atoms with E-state index in [-0.39, 0.29) is 17.7 Å². The Labute approximate surface area is 334 Å². The van der Waals surface area contributed by atoms with Crippen molar-refractivity contribution in [3.63, 3.8) is 0 Å². The van der Waals surface area contributed by atoms with Crippen LogP contribution in [0.25, 0.3) is 10.8 Å². The molecule has 0 aliphatic heterocycles. The fraction of sp³-hybridized carbons (Fsp3) is 0.286. The zero-order chi connectivity index (χ0) is 41.1. The molecule has 1 atom stereocenters. The summed E-state index contributed by atoms with van der Waals surface area (Å²) in [4.78, 5) is 41.4. The third-order valence-corrected chi connectivity index (χ3v) is 9.33. The van der Waals surface area contributed by atoms with Gasteiger partial charge in [-0.05, 0) is 66.3 Å². The smallest absolute Gasteiger partial charge is 0.323 e. The van der Waals surface area contributed by atoms with Crippen LogP contribution in [0.3, 0.4) is 0 Å². The molecule has 0 saturated carbocycles. The number of carboxylic acids is 1. The molecule has 0 saturated heterocycles. The Morgan fingerprint density at radius 1 is 0.807 bits per heavy atom. The number of aromatic nitrogens is 1. The second-order valence-electron chi connectivity index (χ2n) is 14.1. The van der Waals surface area contributed by atoms with Gasteiger partial charge in [0.05, 0.1) is 36.8 Å². The fourth-order valence-corrected chi connectivity index (χ4v) is 6.46. The molecule has 1 unspecified atom stereocenters. The molecule has 0 radical (unpaired) electrons. The molecule has 6 N–H and O–H groups in total. The van der Waals surface area contributed by atoms with Crippen LogP contribution >= 0.6 is 0 Å². The van der Waals surface area contributed by atoms with Crippen molar-refractivity contribution in [2.24, 2.45) is 0 Å². The maximum absolute atomic E-state index is 13.5. The number of nitrogens with one attached hydrogen (secondary N) is 5. The van der Waals surface area contributed by atoms with E-state index in [2.05, 4.69) is 31.0 Å². The molecule has 14 nitrogen and oxygen atoms in total. The van der Waals surface area contributed by atoms with Gasteiger partial charge in [-0.1, -0.05) is 51.5 Å². The first-order valence-electron chi connectivity index (χ1n) is 18.3. The summed E-state index contributed by atoms with van der Waals surface area (Å²) in [6.07, 6.45) is 5.18. The topological polar surface area (TPSA) is 189 Å². The van der Waals surface area contributed by atoms with E-state index in [9.17, 15) is 18.6 Å². The van der Waals surface area contributed by atoms with Crippen molar-refractivity contribution in [3.05, 3.63) is 96.2 Å². The van der Waals surface area contributed by atoms with Gasteiger partial charge in [-0.3, -0.25) is 9.59 Å². The quantitative estimate of drug-likeness (QED) is 0.0496. The normalized spacial score (nSPS) is 11.6. The lowest BCUT2D eigenvalue weighted by atomic mass is 9.86. The largest absolute Gasteiger partial charge is 0.496 e. The van der Waals surface area contributed by atoms with E-state index in [0.29, 0.717) is 82.9 Å². The monoisotopic (exact) mass is 796 g/mol. The summed E-state index contributed by atoms with van der Waals surface area (Å²) < 4.78 is 32.5. The average molecular weight is 797 g/mol. The van der Waals surface area contributed by atoms with Gasteiger partial charge in [0, 0.05) is 54.0 Å². The Balaban J connectivity index is 1.28. The van der Waals surface area contributed by atoms with E-state index in [1.165, 1.54) is 20.5 Å². The predicted octanol–water partition coefficient (Wildman–Crippen LogP) is 8.81. The van der Waals surface area contributed by atoms with Crippen LogP contribution in [0.15, 0.2) is 85.1 Å². The van der Waals surface area contributed by atoms with Crippen LogP contribution in [0.1, 0.15) is 62.4 Å². The van der Waals surface area contributed by atoms with E-state index in [4.69, 9.17) is 19.3 Å². The van der Waals surface area contributed by atoms with Gasteiger partial charge in [-0.2, -0.15) is 0 Å². The molecule has 15 heteroatoms. The Morgan fingerprint density at radius 2 is 1.54 bits per heavy atom. The molecule has 1 heterocycles. The minimum absolute atomic E-state index is 0.112. The van der Waals surface area contributed by atoms with Crippen molar-refractivity contribution >= 4 is 68.2 Å². The number of carbonyl (C=O) groups is 3. The summed E-state index contributed by atoms with van der Waals surface area (Å²) >= 11 is 0. The van der Waals surface area contributed by atoms with Gasteiger partial charge >= 0.3 is 12.0 Å². The van der Waals surface area contributed by atoms with Crippen molar-refractivity contribution in [1.82, 2.24) is 10.3 Å². The minimum atomic E-state index is -1.37. The number of carbonyl (C=O) groups excluding carboxylic acids is 2. The van der Waals surface area contributed by atoms with Crippen molar-refractivity contribution in [1.29, 1.82) is 0 Å². The van der Waals surface area contributed by atoms with E-state index in [0.717, 1.165) is 16.3 Å². The van der Waals surface area contributed by atoms with Gasteiger partial charge in [-0.25, -0.2) is 14.0 Å². The number of urea groups is 1. The average Bonchev–Trinajstić information content (AvgIpc) is 3.16. The van der Waals surface area contributed by atoms with Gasteiger partial charge in [-0.15, -0.1) is 0 Å². The molecular formula is C42H48N6O8S. The summed E-state index contributed by atoms with van der Waals surface area (Å²) in [5.74, 6) is 1.16. The van der Waals surface area contributed by atoms with Crippen LogP contribution in [0, 0.1) is 0 Å². The van der Waals surface area contributed by atoms with E-state index in [1.807, 2.05) is 57.2 Å². The number of rotatable bonds is 17. The van der Waals surface area contributed by atoms with Crippen LogP contribution < -0.4 is 40.2 Å². The summed E-state index contributed by atoms with van der Waals surface area (Å²) in [5.41, 5.74) is 3.11. The summed E-state index contributed by atoms with van der Waals surface area (Å²) in [6.45, 7) is 6.56. The molecule has 4 aromatic carbocycles. The number of amides is 3. The Bertz CT molecular complexity index is 2280. The molecule has 1 aromatic heterocycles. The van der Waals surface area contributed by atoms with Crippen LogP contribution in [-0.4, -0.2) is 59.2 Å². The second kappa shape index (κ2) is 19.0. The maximum Gasteiger partial charge on any atom is 0.323 e. The number of fused-ring (bicyclic) bond motifs is 1. The lowest BCUT2D eigenvalue weighted by Gasteiger charge is -2.24. The van der Waals surface area contributed by atoms with Crippen molar-refractivity contribution in [2.75, 3.05) is 47.7 Å². The highest BCUT2D eigenvalue weighted by molar-refractivity contribution is 7.85. The lowest BCUT2D eigenvalue weighted by Crippen LogP contribution is -2.25. The number of methoxy groups -OCH3 is 2. The van der Waals surface area contributed by atoms with Crippen LogP contribution in [0.4, 0.5) is 33.4 Å². The Morgan fingerprint density at radius 3 is 2.25 bits per heavy atom. The standard InChI is InChI=1S/C42H48N6O8S/c1-42(2,3)26-22-33(39(55-5)34(23-26)48-57(6)53)47-41(52)46-32-17-18-35(30-13-10-9-12-29(30)32)56-28-19-21-43-37(25-28)45-27-15-16-31(36(24-27)54-4)40(51)44-20-11-7-8-14-38(49)50/h9-10,12-13,15-19,21-25,48H,7-8,11,14,20H2,1-6H3,(H,43,45)(H,44,51)(H,49,50)(H2,46,47,52). The van der Waals surface area contributed by atoms with Crippen molar-refractivity contribution < 1.29 is 37.9 Å². The summed E-state index contributed by atoms with van der Waals surface area (Å²) in [5, 5.41) is 22.2. The first kappa shape index (κ1) is 41.8. The molecule has 300 valence electrons. The molecule has 0 aliphatic carbocycles. The van der Waals surface area contributed by atoms with Crippen LogP contribution in [0.5, 0.6) is 23.0 Å². The Hall–Kier alpha value is -6.35. The fourth-order valence-electron chi connectivity index (χ4n) is 6.00. The first-order chi connectivity index (χ1) is 27.2. The van der Waals surface area contributed by atoms with Crippen LogP contribution in [0.2, 0.25) is 0 Å². The molecule has 0 aliphatic rings. The molecule has 3 amide bonds. The van der Waals surface area contributed by atoms with E-state index < -0.39 is 23.0 Å². The first-order valence-corrected chi connectivity index (χ1v) is 19.8. The van der Waals surface area contributed by atoms with Gasteiger partial charge in [0.15, 0.2) is 5.75 Å². The molecular weight excluding hydrogens is 749 g/mol. The molecule has 0 bridgehead atoms. The number of aliphatic carboxylic acids is 1. The third-order valence-electron chi connectivity index (χ3n) is 8.82. The highest BCUT2D eigenvalue weighted by Crippen LogP contribution is 2.40. The number of pyridine rings is 1. The number of hydrogen-bond acceptors (Lipinski definition) is 9. The number of anilines is 5. The van der Waals surface area contributed by atoms with Gasteiger partial charge in [0.2, 0.25) is 0 Å². The molecule has 57 heavy (non-hydrogen) atoms. The number of unbranched alkanes of at least 4 members (excludes halogenated alkanes) is 2. The predicted molar refractivity (Wildman–Crippen MR) is 225 cm³/mol. The highest BCUT2D eigenvalue weighted by Gasteiger charge is 2.22. The SMILES string of the molecule is COc1cc(Nc2cc(Oc3ccc(NC(=O)Nc4cc(C(C)(C)C)cc(NS(C)=O)c4OC)c4ccccc34)ccn2)ccc1C(=O)NCCCCCC(=O)O. The zero-order valence-corrected chi connectivity index (χ0v) is 33.6. The Kier molecular flexibility index (Phi) is 13.9. The zero-order valence-electron chi connectivity index (χ0n) is 32.8. The number of ether oxygens (including phenoxy) is 3. The van der Waals surface area contributed by atoms with Crippen LogP contribution in [-0.2, 0) is 21.2 Å². The number of hydrogen-bond donors (Lipinski definition) is 6. The van der Waals surface area contributed by atoms with Gasteiger partial charge in [0.1, 0.15) is 34.1 Å².